The number of anilines is 1. The smallest absolute Gasteiger partial charge is 0.152 e. The first-order chi connectivity index (χ1) is 9.37. The standard InChI is InChI=1S/C16H20N4/c1-10-18-13-14(20(10)9-16(2,3)4)11-7-5-6-8-12(11)19-15(13)17/h5-8H,9H2,1-4H3,(H2,17,19). The molecule has 0 saturated carbocycles. The van der Waals surface area contributed by atoms with E-state index < -0.39 is 0 Å². The molecule has 0 saturated heterocycles. The van der Waals surface area contributed by atoms with E-state index in [-0.39, 0.29) is 5.41 Å². The number of para-hydroxylation sites is 1. The fraction of sp³-hybridized carbons (Fsp3) is 0.375. The minimum Gasteiger partial charge on any atom is -0.382 e. The van der Waals surface area contributed by atoms with E-state index in [1.165, 1.54) is 0 Å². The van der Waals surface area contributed by atoms with E-state index in [1.54, 1.807) is 0 Å². The van der Waals surface area contributed by atoms with Crippen LogP contribution < -0.4 is 5.73 Å². The topological polar surface area (TPSA) is 56.7 Å². The molecule has 0 radical (unpaired) electrons. The van der Waals surface area contributed by atoms with E-state index in [1.807, 2.05) is 25.1 Å². The summed E-state index contributed by atoms with van der Waals surface area (Å²) >= 11 is 0. The minimum absolute atomic E-state index is 0.178. The van der Waals surface area contributed by atoms with E-state index in [0.29, 0.717) is 5.82 Å². The third-order valence-corrected chi connectivity index (χ3v) is 3.43. The van der Waals surface area contributed by atoms with Gasteiger partial charge in [0, 0.05) is 11.9 Å². The summed E-state index contributed by atoms with van der Waals surface area (Å²) in [5.41, 5.74) is 9.09. The van der Waals surface area contributed by atoms with Crippen LogP contribution in [0.25, 0.3) is 21.9 Å². The molecule has 0 aliphatic heterocycles. The van der Waals surface area contributed by atoms with Crippen molar-refractivity contribution in [2.24, 2.45) is 5.41 Å². The highest BCUT2D eigenvalue weighted by atomic mass is 15.1. The quantitative estimate of drug-likeness (QED) is 0.734. The van der Waals surface area contributed by atoms with E-state index >= 15 is 0 Å². The summed E-state index contributed by atoms with van der Waals surface area (Å²) in [4.78, 5) is 9.08. The van der Waals surface area contributed by atoms with Gasteiger partial charge in [-0.25, -0.2) is 9.97 Å². The second-order valence-electron chi connectivity index (χ2n) is 6.52. The fourth-order valence-electron chi connectivity index (χ4n) is 2.64. The number of fused-ring (bicyclic) bond motifs is 3. The Kier molecular flexibility index (Phi) is 2.71. The zero-order valence-corrected chi connectivity index (χ0v) is 12.4. The SMILES string of the molecule is Cc1nc2c(N)nc3ccccc3c2n1CC(C)(C)C. The predicted molar refractivity (Wildman–Crippen MR) is 83.6 cm³/mol. The molecular formula is C16H20N4. The Labute approximate surface area is 118 Å². The molecule has 0 fully saturated rings. The van der Waals surface area contributed by atoms with Gasteiger partial charge < -0.3 is 10.3 Å². The van der Waals surface area contributed by atoms with Gasteiger partial charge in [0.2, 0.25) is 0 Å². The average molecular weight is 268 g/mol. The van der Waals surface area contributed by atoms with Crippen LogP contribution in [-0.2, 0) is 6.54 Å². The lowest BCUT2D eigenvalue weighted by molar-refractivity contribution is 0.345. The van der Waals surface area contributed by atoms with Crippen molar-refractivity contribution in [3.8, 4) is 0 Å². The zero-order valence-electron chi connectivity index (χ0n) is 12.4. The van der Waals surface area contributed by atoms with Crippen molar-refractivity contribution in [3.63, 3.8) is 0 Å². The molecule has 2 aromatic heterocycles. The van der Waals surface area contributed by atoms with Gasteiger partial charge in [-0.1, -0.05) is 39.0 Å². The van der Waals surface area contributed by atoms with Crippen molar-refractivity contribution in [3.05, 3.63) is 30.1 Å². The Balaban J connectivity index is 2.42. The van der Waals surface area contributed by atoms with Crippen LogP contribution in [-0.4, -0.2) is 14.5 Å². The van der Waals surface area contributed by atoms with E-state index in [2.05, 4.69) is 41.4 Å². The first-order valence-electron chi connectivity index (χ1n) is 6.88. The van der Waals surface area contributed by atoms with Crippen LogP contribution in [0.4, 0.5) is 5.82 Å². The number of benzene rings is 1. The maximum absolute atomic E-state index is 6.08. The number of nitrogens with two attached hydrogens (primary N) is 1. The molecule has 2 N–H and O–H groups in total. The predicted octanol–water partition coefficient (Wildman–Crippen LogP) is 3.52. The Morgan fingerprint density at radius 2 is 1.85 bits per heavy atom. The Hall–Kier alpha value is -2.10. The Morgan fingerprint density at radius 3 is 2.55 bits per heavy atom. The molecule has 4 nitrogen and oxygen atoms in total. The van der Waals surface area contributed by atoms with Gasteiger partial charge in [0.15, 0.2) is 5.82 Å². The summed E-state index contributed by atoms with van der Waals surface area (Å²) < 4.78 is 2.26. The molecule has 0 amide bonds. The van der Waals surface area contributed by atoms with Gasteiger partial charge in [-0.2, -0.15) is 0 Å². The van der Waals surface area contributed by atoms with Crippen molar-refractivity contribution in [1.82, 2.24) is 14.5 Å². The number of pyridine rings is 1. The number of hydrogen-bond donors (Lipinski definition) is 1. The van der Waals surface area contributed by atoms with Gasteiger partial charge in [-0.15, -0.1) is 0 Å². The van der Waals surface area contributed by atoms with E-state index in [0.717, 1.165) is 34.3 Å². The van der Waals surface area contributed by atoms with E-state index in [4.69, 9.17) is 5.73 Å². The van der Waals surface area contributed by atoms with Crippen LogP contribution in [0.5, 0.6) is 0 Å². The Bertz CT molecular complexity index is 793. The maximum atomic E-state index is 6.08. The van der Waals surface area contributed by atoms with Gasteiger partial charge in [0.1, 0.15) is 11.3 Å². The first kappa shape index (κ1) is 12.9. The molecule has 0 unspecified atom stereocenters. The Morgan fingerprint density at radius 1 is 1.15 bits per heavy atom. The molecule has 104 valence electrons. The third kappa shape index (κ3) is 2.01. The summed E-state index contributed by atoms with van der Waals surface area (Å²) in [6.45, 7) is 9.61. The molecular weight excluding hydrogens is 248 g/mol. The largest absolute Gasteiger partial charge is 0.382 e. The van der Waals surface area contributed by atoms with Crippen molar-refractivity contribution < 1.29 is 0 Å². The number of nitrogens with zero attached hydrogens (tertiary/aromatic N) is 3. The van der Waals surface area contributed by atoms with Crippen molar-refractivity contribution in [2.75, 3.05) is 5.73 Å². The molecule has 3 rings (SSSR count). The van der Waals surface area contributed by atoms with Crippen LogP contribution >= 0.6 is 0 Å². The van der Waals surface area contributed by atoms with Crippen LogP contribution in [0, 0.1) is 12.3 Å². The summed E-state index contributed by atoms with van der Waals surface area (Å²) in [5, 5.41) is 1.11. The lowest BCUT2D eigenvalue weighted by Gasteiger charge is -2.21. The molecule has 4 heteroatoms. The minimum atomic E-state index is 0.178. The molecule has 0 spiro atoms. The average Bonchev–Trinajstić information content (AvgIpc) is 2.66. The van der Waals surface area contributed by atoms with Gasteiger partial charge in [-0.3, -0.25) is 0 Å². The molecule has 2 heterocycles. The van der Waals surface area contributed by atoms with Gasteiger partial charge in [0.25, 0.3) is 0 Å². The van der Waals surface area contributed by atoms with Crippen molar-refractivity contribution in [1.29, 1.82) is 0 Å². The summed E-state index contributed by atoms with van der Waals surface area (Å²) in [5.74, 6) is 1.49. The number of imidazole rings is 1. The summed E-state index contributed by atoms with van der Waals surface area (Å²) in [6, 6.07) is 8.10. The lowest BCUT2D eigenvalue weighted by Crippen LogP contribution is -2.16. The highest BCUT2D eigenvalue weighted by Gasteiger charge is 2.19. The van der Waals surface area contributed by atoms with Crippen LogP contribution in [0.1, 0.15) is 26.6 Å². The zero-order chi connectivity index (χ0) is 14.5. The highest BCUT2D eigenvalue weighted by Crippen LogP contribution is 2.30. The van der Waals surface area contributed by atoms with Crippen LogP contribution in [0.15, 0.2) is 24.3 Å². The molecule has 0 atom stereocenters. The normalized spacial score (nSPS) is 12.4. The number of hydrogen-bond acceptors (Lipinski definition) is 3. The maximum Gasteiger partial charge on any atom is 0.152 e. The monoisotopic (exact) mass is 268 g/mol. The molecule has 0 aliphatic carbocycles. The second kappa shape index (κ2) is 4.20. The number of aryl methyl sites for hydroxylation is 1. The van der Waals surface area contributed by atoms with E-state index in [9.17, 15) is 0 Å². The van der Waals surface area contributed by atoms with Gasteiger partial charge >= 0.3 is 0 Å². The van der Waals surface area contributed by atoms with Gasteiger partial charge in [-0.05, 0) is 18.4 Å². The lowest BCUT2D eigenvalue weighted by atomic mass is 9.96. The fourth-order valence-corrected chi connectivity index (χ4v) is 2.64. The highest BCUT2D eigenvalue weighted by molar-refractivity contribution is 6.06. The summed E-state index contributed by atoms with van der Waals surface area (Å²) in [6.07, 6.45) is 0. The second-order valence-corrected chi connectivity index (χ2v) is 6.52. The number of rotatable bonds is 1. The van der Waals surface area contributed by atoms with Gasteiger partial charge in [0.05, 0.1) is 11.0 Å². The molecule has 3 aromatic rings. The molecule has 20 heavy (non-hydrogen) atoms. The third-order valence-electron chi connectivity index (χ3n) is 3.43. The number of aromatic nitrogens is 3. The van der Waals surface area contributed by atoms with Crippen LogP contribution in [0.2, 0.25) is 0 Å². The van der Waals surface area contributed by atoms with Crippen LogP contribution in [0.3, 0.4) is 0 Å². The van der Waals surface area contributed by atoms with Crippen molar-refractivity contribution >= 4 is 27.8 Å². The van der Waals surface area contributed by atoms with Crippen molar-refractivity contribution in [2.45, 2.75) is 34.2 Å². The molecule has 0 aliphatic rings. The number of nitrogen functional groups attached to an aromatic ring is 1. The first-order valence-corrected chi connectivity index (χ1v) is 6.88. The molecule has 1 aromatic carbocycles. The molecule has 0 bridgehead atoms. The summed E-state index contributed by atoms with van der Waals surface area (Å²) in [7, 11) is 0.